The first-order valence-electron chi connectivity index (χ1n) is 9.09. The molecule has 0 bridgehead atoms. The maximum absolute atomic E-state index is 12.7. The van der Waals surface area contributed by atoms with Gasteiger partial charge in [0.1, 0.15) is 6.54 Å². The van der Waals surface area contributed by atoms with Gasteiger partial charge in [-0.05, 0) is 48.9 Å². The normalized spacial score (nSPS) is 11.2. The summed E-state index contributed by atoms with van der Waals surface area (Å²) in [6, 6.07) is 22.1. The van der Waals surface area contributed by atoms with Gasteiger partial charge in [-0.15, -0.1) is 0 Å². The van der Waals surface area contributed by atoms with Gasteiger partial charge < -0.3 is 5.32 Å². The molecule has 3 aromatic carbocycles. The summed E-state index contributed by atoms with van der Waals surface area (Å²) >= 11 is 7.66. The number of carbonyl (C=O) groups excluding carboxylic acids is 1. The Hall–Kier alpha value is -2.48. The number of rotatable bonds is 7. The van der Waals surface area contributed by atoms with Crippen LogP contribution < -0.4 is 9.62 Å². The van der Waals surface area contributed by atoms with Gasteiger partial charge in [0.05, 0.1) is 17.6 Å². The molecule has 156 valence electrons. The van der Waals surface area contributed by atoms with Crippen molar-refractivity contribution in [1.82, 2.24) is 0 Å². The van der Waals surface area contributed by atoms with Gasteiger partial charge in [-0.25, -0.2) is 8.42 Å². The SMILES string of the molecule is Cc1ccc(N(CC(=O)Nc2ccccc2Sc2ccccc2)S(C)(=O)=O)cc1Cl. The molecule has 8 heteroatoms. The van der Waals surface area contributed by atoms with E-state index in [1.54, 1.807) is 24.3 Å². The van der Waals surface area contributed by atoms with E-state index in [4.69, 9.17) is 11.6 Å². The van der Waals surface area contributed by atoms with Crippen molar-refractivity contribution in [1.29, 1.82) is 0 Å². The van der Waals surface area contributed by atoms with Crippen molar-refractivity contribution < 1.29 is 13.2 Å². The summed E-state index contributed by atoms with van der Waals surface area (Å²) in [5, 5.41) is 3.27. The molecular formula is C22H21ClN2O3S2. The zero-order valence-electron chi connectivity index (χ0n) is 16.5. The lowest BCUT2D eigenvalue weighted by atomic mass is 10.2. The molecule has 5 nitrogen and oxygen atoms in total. The van der Waals surface area contributed by atoms with Crippen LogP contribution in [0.3, 0.4) is 0 Å². The standard InChI is InChI=1S/C22H21ClN2O3S2/c1-16-12-13-17(14-19(16)23)25(30(2,27)28)15-22(26)24-20-10-6-7-11-21(20)29-18-8-4-3-5-9-18/h3-14H,15H2,1-2H3,(H,24,26). The Balaban J connectivity index is 1.80. The zero-order valence-corrected chi connectivity index (χ0v) is 18.9. The maximum atomic E-state index is 12.7. The van der Waals surface area contributed by atoms with Gasteiger partial charge in [-0.2, -0.15) is 0 Å². The highest BCUT2D eigenvalue weighted by Gasteiger charge is 2.22. The number of anilines is 2. The molecule has 0 unspecified atom stereocenters. The van der Waals surface area contributed by atoms with Gasteiger partial charge in [-0.1, -0.05) is 59.8 Å². The molecule has 0 aliphatic carbocycles. The van der Waals surface area contributed by atoms with Gasteiger partial charge >= 0.3 is 0 Å². The van der Waals surface area contributed by atoms with Gasteiger partial charge in [-0.3, -0.25) is 9.10 Å². The number of nitrogens with one attached hydrogen (secondary N) is 1. The fourth-order valence-electron chi connectivity index (χ4n) is 2.73. The van der Waals surface area contributed by atoms with Crippen molar-refractivity contribution in [3.05, 3.63) is 83.4 Å². The van der Waals surface area contributed by atoms with Crippen molar-refractivity contribution in [3.63, 3.8) is 0 Å². The molecule has 3 aromatic rings. The average molecular weight is 461 g/mol. The Morgan fingerprint density at radius 3 is 2.37 bits per heavy atom. The first kappa shape index (κ1) is 22.2. The molecule has 0 fully saturated rings. The number of sulfonamides is 1. The van der Waals surface area contributed by atoms with E-state index in [2.05, 4.69) is 5.32 Å². The van der Waals surface area contributed by atoms with E-state index in [-0.39, 0.29) is 6.54 Å². The van der Waals surface area contributed by atoms with Crippen molar-refractivity contribution in [3.8, 4) is 0 Å². The van der Waals surface area contributed by atoms with E-state index < -0.39 is 15.9 Å². The Morgan fingerprint density at radius 1 is 1.03 bits per heavy atom. The quantitative estimate of drug-likeness (QED) is 0.526. The molecule has 0 saturated heterocycles. The molecule has 30 heavy (non-hydrogen) atoms. The van der Waals surface area contributed by atoms with E-state index in [0.29, 0.717) is 16.4 Å². The largest absolute Gasteiger partial charge is 0.323 e. The number of hydrogen-bond donors (Lipinski definition) is 1. The molecule has 0 aliphatic heterocycles. The van der Waals surface area contributed by atoms with Crippen LogP contribution in [0.1, 0.15) is 5.56 Å². The molecule has 1 N–H and O–H groups in total. The number of hydrogen-bond acceptors (Lipinski definition) is 4. The number of carbonyl (C=O) groups is 1. The average Bonchev–Trinajstić information content (AvgIpc) is 2.70. The predicted molar refractivity (Wildman–Crippen MR) is 124 cm³/mol. The lowest BCUT2D eigenvalue weighted by molar-refractivity contribution is -0.114. The second-order valence-electron chi connectivity index (χ2n) is 6.66. The second kappa shape index (κ2) is 9.55. The fourth-order valence-corrected chi connectivity index (χ4v) is 4.68. The monoisotopic (exact) mass is 460 g/mol. The van der Waals surface area contributed by atoms with Gasteiger partial charge in [0, 0.05) is 14.8 Å². The van der Waals surface area contributed by atoms with Crippen LogP contribution in [0, 0.1) is 6.92 Å². The van der Waals surface area contributed by atoms with E-state index in [1.165, 1.54) is 11.8 Å². The Morgan fingerprint density at radius 2 is 1.70 bits per heavy atom. The summed E-state index contributed by atoms with van der Waals surface area (Å²) in [5.41, 5.74) is 1.78. The van der Waals surface area contributed by atoms with Crippen LogP contribution in [-0.2, 0) is 14.8 Å². The molecule has 0 radical (unpaired) electrons. The van der Waals surface area contributed by atoms with Crippen molar-refractivity contribution >= 4 is 50.7 Å². The second-order valence-corrected chi connectivity index (χ2v) is 10.1. The number of para-hydroxylation sites is 1. The molecule has 0 saturated carbocycles. The van der Waals surface area contributed by atoms with E-state index in [1.807, 2.05) is 55.5 Å². The smallest absolute Gasteiger partial charge is 0.245 e. The summed E-state index contributed by atoms with van der Waals surface area (Å²) in [6.45, 7) is 1.47. The van der Waals surface area contributed by atoms with Crippen molar-refractivity contribution in [2.75, 3.05) is 22.4 Å². The minimum Gasteiger partial charge on any atom is -0.323 e. The number of nitrogens with zero attached hydrogens (tertiary/aromatic N) is 1. The molecule has 0 aliphatic rings. The lowest BCUT2D eigenvalue weighted by Crippen LogP contribution is -2.37. The van der Waals surface area contributed by atoms with Crippen molar-refractivity contribution in [2.45, 2.75) is 16.7 Å². The van der Waals surface area contributed by atoms with Gasteiger partial charge in [0.15, 0.2) is 0 Å². The van der Waals surface area contributed by atoms with E-state index in [9.17, 15) is 13.2 Å². The van der Waals surface area contributed by atoms with Crippen molar-refractivity contribution in [2.24, 2.45) is 0 Å². The summed E-state index contributed by atoms with van der Waals surface area (Å²) in [4.78, 5) is 14.6. The Kier molecular flexibility index (Phi) is 7.07. The molecule has 0 atom stereocenters. The highest BCUT2D eigenvalue weighted by molar-refractivity contribution is 7.99. The Bertz CT molecular complexity index is 1150. The van der Waals surface area contributed by atoms with Crippen LogP contribution in [0.2, 0.25) is 5.02 Å². The number of aryl methyl sites for hydroxylation is 1. The minimum atomic E-state index is -3.68. The topological polar surface area (TPSA) is 66.5 Å². The van der Waals surface area contributed by atoms with Crippen LogP contribution in [0.25, 0.3) is 0 Å². The van der Waals surface area contributed by atoms with Crippen LogP contribution in [-0.4, -0.2) is 27.1 Å². The van der Waals surface area contributed by atoms with Gasteiger partial charge in [0.25, 0.3) is 0 Å². The zero-order chi connectivity index (χ0) is 21.7. The minimum absolute atomic E-state index is 0.343. The third-order valence-corrected chi connectivity index (χ3v) is 6.89. The van der Waals surface area contributed by atoms with Crippen LogP contribution >= 0.6 is 23.4 Å². The molecule has 0 spiro atoms. The molecule has 3 rings (SSSR count). The van der Waals surface area contributed by atoms with E-state index >= 15 is 0 Å². The molecule has 0 aromatic heterocycles. The summed E-state index contributed by atoms with van der Waals surface area (Å²) in [6.07, 6.45) is 1.06. The molecular weight excluding hydrogens is 440 g/mol. The fraction of sp³-hybridized carbons (Fsp3) is 0.136. The third kappa shape index (κ3) is 5.78. The summed E-state index contributed by atoms with van der Waals surface area (Å²) in [5.74, 6) is -0.446. The van der Waals surface area contributed by atoms with Crippen LogP contribution in [0.4, 0.5) is 11.4 Å². The van der Waals surface area contributed by atoms with Gasteiger partial charge in [0.2, 0.25) is 15.9 Å². The number of amides is 1. The summed E-state index contributed by atoms with van der Waals surface area (Å²) in [7, 11) is -3.68. The first-order valence-corrected chi connectivity index (χ1v) is 12.1. The molecule has 1 amide bonds. The lowest BCUT2D eigenvalue weighted by Gasteiger charge is -2.22. The highest BCUT2D eigenvalue weighted by Crippen LogP contribution is 2.33. The predicted octanol–water partition coefficient (Wildman–Crippen LogP) is 5.20. The summed E-state index contributed by atoms with van der Waals surface area (Å²) < 4.78 is 25.7. The van der Waals surface area contributed by atoms with Crippen LogP contribution in [0.15, 0.2) is 82.6 Å². The maximum Gasteiger partial charge on any atom is 0.245 e. The number of benzene rings is 3. The highest BCUT2D eigenvalue weighted by atomic mass is 35.5. The van der Waals surface area contributed by atoms with E-state index in [0.717, 1.165) is 25.9 Å². The third-order valence-electron chi connectivity index (χ3n) is 4.26. The molecule has 0 heterocycles. The Labute approximate surface area is 186 Å². The van der Waals surface area contributed by atoms with Crippen LogP contribution in [0.5, 0.6) is 0 Å². The number of halogens is 1. The first-order chi connectivity index (χ1) is 14.2.